The Morgan fingerprint density at radius 2 is 1.87 bits per heavy atom. The van der Waals surface area contributed by atoms with Gasteiger partial charge in [-0.15, -0.1) is 0 Å². The lowest BCUT2D eigenvalue weighted by atomic mass is 10.1. The van der Waals surface area contributed by atoms with Crippen molar-refractivity contribution in [3.05, 3.63) is 71.4 Å². The normalized spacial score (nSPS) is 11.4. The Kier molecular flexibility index (Phi) is 7.84. The van der Waals surface area contributed by atoms with Gasteiger partial charge < -0.3 is 14.2 Å². The van der Waals surface area contributed by atoms with Gasteiger partial charge in [0.25, 0.3) is 0 Å². The third-order valence-corrected chi connectivity index (χ3v) is 5.69. The van der Waals surface area contributed by atoms with Crippen LogP contribution in [0.5, 0.6) is 0 Å². The fourth-order valence-electron chi connectivity index (χ4n) is 2.77. The summed E-state index contributed by atoms with van der Waals surface area (Å²) in [6.07, 6.45) is 3.24. The number of nitrogens with zero attached hydrogens (tertiary/aromatic N) is 4. The number of methoxy groups -OCH3 is 1. The van der Waals surface area contributed by atoms with E-state index in [4.69, 9.17) is 4.74 Å². The molecule has 0 bridgehead atoms. The van der Waals surface area contributed by atoms with Crippen LogP contribution in [0.15, 0.2) is 53.8 Å². The van der Waals surface area contributed by atoms with Gasteiger partial charge in [0.05, 0.1) is 23.6 Å². The second kappa shape index (κ2) is 10.8. The fraction of sp³-hybridized carbons (Fsp3) is 0.261. The topological polar surface area (TPSA) is 86.2 Å². The minimum atomic E-state index is -1.39. The number of hydrogen-bond donors (Lipinski definition) is 1. The highest BCUT2D eigenvalue weighted by Crippen LogP contribution is 2.20. The van der Waals surface area contributed by atoms with Gasteiger partial charge in [0, 0.05) is 32.5 Å². The van der Waals surface area contributed by atoms with Crippen LogP contribution in [0.25, 0.3) is 0 Å². The van der Waals surface area contributed by atoms with Crippen molar-refractivity contribution in [3.8, 4) is 11.8 Å². The number of anilines is 2. The molecule has 160 valence electrons. The summed E-state index contributed by atoms with van der Waals surface area (Å²) in [6.45, 7) is 5.04. The zero-order valence-corrected chi connectivity index (χ0v) is 18.9. The molecule has 2 heterocycles. The molecule has 1 aromatic carbocycles. The van der Waals surface area contributed by atoms with Crippen LogP contribution in [0.2, 0.25) is 0 Å². The van der Waals surface area contributed by atoms with Crippen molar-refractivity contribution in [1.29, 1.82) is 0 Å². The number of likely N-dealkylation sites (N-methyl/N-ethyl adjacent to an activating group) is 1. The van der Waals surface area contributed by atoms with E-state index >= 15 is 0 Å². The first-order valence-electron chi connectivity index (χ1n) is 9.73. The maximum Gasteiger partial charge on any atom is 0.179 e. The Balaban J connectivity index is 1.86. The lowest BCUT2D eigenvalue weighted by Crippen LogP contribution is -2.24. The Bertz CT molecular complexity index is 1080. The van der Waals surface area contributed by atoms with Gasteiger partial charge in [-0.25, -0.2) is 14.7 Å². The predicted octanol–water partition coefficient (Wildman–Crippen LogP) is 3.11. The molecule has 3 rings (SSSR count). The number of aromatic nitrogens is 3. The first kappa shape index (κ1) is 22.6. The van der Waals surface area contributed by atoms with Gasteiger partial charge in [-0.3, -0.25) is 4.98 Å². The Morgan fingerprint density at radius 3 is 2.61 bits per heavy atom. The van der Waals surface area contributed by atoms with E-state index in [9.17, 15) is 4.55 Å². The van der Waals surface area contributed by atoms with Crippen LogP contribution in [0.3, 0.4) is 0 Å². The van der Waals surface area contributed by atoms with E-state index in [-0.39, 0.29) is 0 Å². The molecule has 0 saturated carbocycles. The van der Waals surface area contributed by atoms with E-state index in [0.717, 1.165) is 22.8 Å². The zero-order valence-electron chi connectivity index (χ0n) is 18.0. The van der Waals surface area contributed by atoms with Crippen LogP contribution in [0, 0.1) is 25.7 Å². The SMILES string of the molecule is COCCN(C)c1ncnc(C)c1C#Cc1cnc(C)c(N[S+]([O-])c2ccccc2)c1. The van der Waals surface area contributed by atoms with Crippen molar-refractivity contribution < 1.29 is 9.29 Å². The van der Waals surface area contributed by atoms with Gasteiger partial charge in [0.15, 0.2) is 4.90 Å². The largest absolute Gasteiger partial charge is 0.588 e. The third kappa shape index (κ3) is 5.95. The van der Waals surface area contributed by atoms with Gasteiger partial charge in [-0.2, -0.15) is 0 Å². The average molecular weight is 436 g/mol. The first-order chi connectivity index (χ1) is 15.0. The van der Waals surface area contributed by atoms with Gasteiger partial charge in [-0.1, -0.05) is 30.0 Å². The first-order valence-corrected chi connectivity index (χ1v) is 10.9. The summed E-state index contributed by atoms with van der Waals surface area (Å²) in [7, 11) is 3.61. The summed E-state index contributed by atoms with van der Waals surface area (Å²) in [5.41, 5.74) is 3.67. The Labute approximate surface area is 186 Å². The van der Waals surface area contributed by atoms with Crippen LogP contribution in [0.4, 0.5) is 11.5 Å². The summed E-state index contributed by atoms with van der Waals surface area (Å²) in [6, 6.07) is 11.1. The number of hydrogen-bond acceptors (Lipinski definition) is 7. The lowest BCUT2D eigenvalue weighted by molar-refractivity contribution is 0.206. The maximum absolute atomic E-state index is 12.6. The second-order valence-corrected chi connectivity index (χ2v) is 8.08. The van der Waals surface area contributed by atoms with E-state index in [0.29, 0.717) is 29.3 Å². The fourth-order valence-corrected chi connectivity index (χ4v) is 3.70. The molecule has 0 amide bonds. The van der Waals surface area contributed by atoms with Crippen molar-refractivity contribution in [1.82, 2.24) is 15.0 Å². The van der Waals surface area contributed by atoms with Gasteiger partial charge in [-0.05, 0) is 32.0 Å². The number of nitrogens with one attached hydrogen (secondary N) is 1. The third-order valence-electron chi connectivity index (χ3n) is 4.59. The van der Waals surface area contributed by atoms with E-state index in [1.54, 1.807) is 13.3 Å². The highest BCUT2D eigenvalue weighted by Gasteiger charge is 2.14. The molecule has 0 aliphatic heterocycles. The molecule has 0 radical (unpaired) electrons. The van der Waals surface area contributed by atoms with Crippen LogP contribution in [0.1, 0.15) is 22.5 Å². The van der Waals surface area contributed by atoms with Gasteiger partial charge in [0.2, 0.25) is 0 Å². The molecule has 31 heavy (non-hydrogen) atoms. The summed E-state index contributed by atoms with van der Waals surface area (Å²) in [4.78, 5) is 15.8. The lowest BCUT2D eigenvalue weighted by Gasteiger charge is -2.19. The van der Waals surface area contributed by atoms with Gasteiger partial charge >= 0.3 is 0 Å². The van der Waals surface area contributed by atoms with E-state index in [2.05, 4.69) is 31.5 Å². The van der Waals surface area contributed by atoms with Crippen molar-refractivity contribution in [3.63, 3.8) is 0 Å². The van der Waals surface area contributed by atoms with E-state index in [1.165, 1.54) is 6.33 Å². The van der Waals surface area contributed by atoms with Crippen molar-refractivity contribution in [2.24, 2.45) is 0 Å². The van der Waals surface area contributed by atoms with Crippen LogP contribution < -0.4 is 9.62 Å². The number of aryl methyl sites for hydroxylation is 2. The van der Waals surface area contributed by atoms with Crippen molar-refractivity contribution >= 4 is 22.9 Å². The number of ether oxygens (including phenoxy) is 1. The minimum Gasteiger partial charge on any atom is -0.588 e. The zero-order chi connectivity index (χ0) is 22.2. The molecule has 1 atom stereocenters. The molecule has 0 spiro atoms. The second-order valence-electron chi connectivity index (χ2n) is 6.86. The molecule has 0 fully saturated rings. The number of benzene rings is 1. The minimum absolute atomic E-state index is 0.585. The summed E-state index contributed by atoms with van der Waals surface area (Å²) in [5, 5.41) is 0. The summed E-state index contributed by atoms with van der Waals surface area (Å²) >= 11 is -1.39. The molecule has 0 aliphatic carbocycles. The quantitative estimate of drug-likeness (QED) is 0.451. The van der Waals surface area contributed by atoms with Crippen molar-refractivity contribution in [2.45, 2.75) is 18.7 Å². The highest BCUT2D eigenvalue weighted by molar-refractivity contribution is 7.92. The summed E-state index contributed by atoms with van der Waals surface area (Å²) < 4.78 is 20.8. The summed E-state index contributed by atoms with van der Waals surface area (Å²) in [5.74, 6) is 7.08. The smallest absolute Gasteiger partial charge is 0.179 e. The molecule has 7 nitrogen and oxygen atoms in total. The molecule has 1 N–H and O–H groups in total. The Morgan fingerprint density at radius 1 is 1.10 bits per heavy atom. The molecule has 3 aromatic rings. The van der Waals surface area contributed by atoms with Crippen LogP contribution in [-0.4, -0.2) is 46.8 Å². The average Bonchev–Trinajstić information content (AvgIpc) is 2.79. The maximum atomic E-state index is 12.6. The van der Waals surface area contributed by atoms with Gasteiger partial charge in [0.1, 0.15) is 29.2 Å². The molecular weight excluding hydrogens is 410 g/mol. The molecule has 8 heteroatoms. The molecule has 0 saturated heterocycles. The molecular formula is C23H25N5O2S. The standard InChI is InChI=1S/C23H25N5O2S/c1-17-21(23(26-16-25-17)28(3)12-13-30-4)11-10-19-14-22(18(2)24-15-19)27-31(29)20-8-6-5-7-9-20/h5-9,14-16,27H,12-13H2,1-4H3. The number of rotatable bonds is 7. The molecule has 2 aromatic heterocycles. The predicted molar refractivity (Wildman–Crippen MR) is 123 cm³/mol. The monoisotopic (exact) mass is 435 g/mol. The van der Waals surface area contributed by atoms with E-state index in [1.807, 2.05) is 62.2 Å². The number of pyridine rings is 1. The highest BCUT2D eigenvalue weighted by atomic mass is 32.2. The van der Waals surface area contributed by atoms with E-state index < -0.39 is 11.4 Å². The Hall–Kier alpha value is -3.12. The van der Waals surface area contributed by atoms with Crippen molar-refractivity contribution in [2.75, 3.05) is 36.9 Å². The molecule has 1 unspecified atom stereocenters. The molecule has 0 aliphatic rings. The van der Waals surface area contributed by atoms with Crippen LogP contribution in [-0.2, 0) is 16.1 Å². The van der Waals surface area contributed by atoms with Crippen LogP contribution >= 0.6 is 0 Å².